The number of carbonyl (C=O) groups is 2. The molecular weight excluding hydrogens is 492 g/mol. The summed E-state index contributed by atoms with van der Waals surface area (Å²) in [5.41, 5.74) is 4.55. The normalized spacial score (nSPS) is 21.9. The van der Waals surface area contributed by atoms with Crippen molar-refractivity contribution in [3.05, 3.63) is 83.9 Å². The summed E-state index contributed by atoms with van der Waals surface area (Å²) in [6.45, 7) is 6.39. The second kappa shape index (κ2) is 9.76. The summed E-state index contributed by atoms with van der Waals surface area (Å²) in [5.74, 6) is 0.400. The van der Waals surface area contributed by atoms with E-state index in [9.17, 15) is 9.59 Å². The van der Waals surface area contributed by atoms with Crippen LogP contribution in [0.5, 0.6) is 5.75 Å². The molecule has 3 aliphatic heterocycles. The topological polar surface area (TPSA) is 74.7 Å². The van der Waals surface area contributed by atoms with Crippen LogP contribution in [0, 0.1) is 5.41 Å². The van der Waals surface area contributed by atoms with Crippen LogP contribution in [0.3, 0.4) is 0 Å². The molecule has 3 aromatic carbocycles. The molecule has 6 rings (SSSR count). The molecule has 1 fully saturated rings. The Bertz CT molecular complexity index is 1440. The molecule has 0 aliphatic carbocycles. The Morgan fingerprint density at radius 1 is 1.00 bits per heavy atom. The molecule has 2 atom stereocenters. The minimum atomic E-state index is -0.806. The molecule has 0 aromatic heterocycles. The highest BCUT2D eigenvalue weighted by atomic mass is 16.5. The third-order valence-electron chi connectivity index (χ3n) is 8.25. The van der Waals surface area contributed by atoms with E-state index in [-0.39, 0.29) is 17.9 Å². The summed E-state index contributed by atoms with van der Waals surface area (Å²) in [5, 5.41) is 6.35. The van der Waals surface area contributed by atoms with Crippen LogP contribution in [0.15, 0.2) is 77.9 Å². The van der Waals surface area contributed by atoms with Crippen molar-refractivity contribution in [2.45, 2.75) is 26.3 Å². The zero-order valence-corrected chi connectivity index (χ0v) is 22.5. The summed E-state index contributed by atoms with van der Waals surface area (Å²) in [4.78, 5) is 31.4. The SMILES string of the molecule is CCOC(=O)c1ccc(N2N=C(C)C3(Cc4ccccc4N4CCN(c5ccc(OC)cc5)CC43)C2=O)cc1. The minimum absolute atomic E-state index is 0.0371. The van der Waals surface area contributed by atoms with Crippen molar-refractivity contribution < 1.29 is 19.1 Å². The first-order valence-electron chi connectivity index (χ1n) is 13.4. The molecule has 8 nitrogen and oxygen atoms in total. The van der Waals surface area contributed by atoms with Gasteiger partial charge in [-0.05, 0) is 80.4 Å². The minimum Gasteiger partial charge on any atom is -0.497 e. The molecule has 1 spiro atoms. The van der Waals surface area contributed by atoms with E-state index in [2.05, 4.69) is 40.1 Å². The van der Waals surface area contributed by atoms with E-state index in [1.165, 1.54) is 10.7 Å². The Kier molecular flexibility index (Phi) is 6.25. The molecule has 3 heterocycles. The number of nitrogens with zero attached hydrogens (tertiary/aromatic N) is 4. The van der Waals surface area contributed by atoms with E-state index in [1.54, 1.807) is 38.3 Å². The van der Waals surface area contributed by atoms with Gasteiger partial charge < -0.3 is 19.3 Å². The molecule has 3 aromatic rings. The van der Waals surface area contributed by atoms with E-state index in [0.29, 0.717) is 30.8 Å². The quantitative estimate of drug-likeness (QED) is 0.457. The van der Waals surface area contributed by atoms with Crippen molar-refractivity contribution in [2.75, 3.05) is 48.2 Å². The molecule has 200 valence electrons. The number of hydrogen-bond acceptors (Lipinski definition) is 7. The summed E-state index contributed by atoms with van der Waals surface area (Å²) in [6, 6.07) is 23.3. The van der Waals surface area contributed by atoms with Gasteiger partial charge in [0.25, 0.3) is 5.91 Å². The maximum atomic E-state index is 14.5. The number of carbonyl (C=O) groups excluding carboxylic acids is 2. The van der Waals surface area contributed by atoms with Crippen molar-refractivity contribution in [3.63, 3.8) is 0 Å². The fourth-order valence-electron chi connectivity index (χ4n) is 6.22. The Morgan fingerprint density at radius 2 is 1.72 bits per heavy atom. The second-order valence-corrected chi connectivity index (χ2v) is 10.2. The van der Waals surface area contributed by atoms with E-state index in [4.69, 9.17) is 14.6 Å². The van der Waals surface area contributed by atoms with Crippen LogP contribution in [0.4, 0.5) is 17.1 Å². The lowest BCUT2D eigenvalue weighted by Gasteiger charge is -2.53. The maximum absolute atomic E-state index is 14.5. The Morgan fingerprint density at radius 3 is 2.44 bits per heavy atom. The van der Waals surface area contributed by atoms with Crippen LogP contribution in [0.2, 0.25) is 0 Å². The predicted molar refractivity (Wildman–Crippen MR) is 152 cm³/mol. The second-order valence-electron chi connectivity index (χ2n) is 10.2. The molecule has 0 bridgehead atoms. The van der Waals surface area contributed by atoms with Gasteiger partial charge >= 0.3 is 5.97 Å². The first kappa shape index (κ1) is 25.0. The summed E-state index contributed by atoms with van der Waals surface area (Å²) in [7, 11) is 1.67. The number of amides is 1. The van der Waals surface area contributed by atoms with Gasteiger partial charge in [0, 0.05) is 31.0 Å². The summed E-state index contributed by atoms with van der Waals surface area (Å²) in [6.07, 6.45) is 0.590. The van der Waals surface area contributed by atoms with Crippen molar-refractivity contribution in [1.82, 2.24) is 0 Å². The number of hydrazone groups is 1. The maximum Gasteiger partial charge on any atom is 0.338 e. The van der Waals surface area contributed by atoms with E-state index < -0.39 is 5.41 Å². The van der Waals surface area contributed by atoms with Gasteiger partial charge in [-0.25, -0.2) is 4.79 Å². The fourth-order valence-corrected chi connectivity index (χ4v) is 6.22. The molecule has 3 aliphatic rings. The van der Waals surface area contributed by atoms with Gasteiger partial charge in [-0.15, -0.1) is 0 Å². The van der Waals surface area contributed by atoms with Crippen LogP contribution < -0.4 is 19.5 Å². The number of fused-ring (bicyclic) bond motifs is 4. The monoisotopic (exact) mass is 524 g/mol. The van der Waals surface area contributed by atoms with Crippen LogP contribution in [-0.2, 0) is 16.0 Å². The molecule has 0 saturated carbocycles. The number of ether oxygens (including phenoxy) is 2. The fraction of sp³-hybridized carbons (Fsp3) is 0.323. The van der Waals surface area contributed by atoms with Gasteiger partial charge in [0.1, 0.15) is 11.2 Å². The van der Waals surface area contributed by atoms with Gasteiger partial charge in [-0.3, -0.25) is 4.79 Å². The highest BCUT2D eigenvalue weighted by molar-refractivity contribution is 6.20. The lowest BCUT2D eigenvalue weighted by Crippen LogP contribution is -2.67. The van der Waals surface area contributed by atoms with Gasteiger partial charge in [0.2, 0.25) is 0 Å². The van der Waals surface area contributed by atoms with Crippen molar-refractivity contribution in [3.8, 4) is 5.75 Å². The first-order chi connectivity index (χ1) is 19.0. The molecule has 1 amide bonds. The van der Waals surface area contributed by atoms with Gasteiger partial charge in [0.05, 0.1) is 36.7 Å². The molecular formula is C31H32N4O4. The molecule has 0 radical (unpaired) electrons. The number of piperazine rings is 1. The van der Waals surface area contributed by atoms with Crippen molar-refractivity contribution in [1.29, 1.82) is 0 Å². The third kappa shape index (κ3) is 4.02. The zero-order valence-electron chi connectivity index (χ0n) is 22.5. The van der Waals surface area contributed by atoms with Gasteiger partial charge in [0.15, 0.2) is 0 Å². The molecule has 0 N–H and O–H groups in total. The molecule has 1 saturated heterocycles. The standard InChI is InChI=1S/C31H32N4O4/c1-4-39-29(36)22-9-11-25(12-10-22)35-30(37)31(21(2)32-35)19-23-7-5-6-8-27(23)34-18-17-33(20-28(31)34)24-13-15-26(38-3)16-14-24/h5-16,28H,4,17-20H2,1-3H3. The summed E-state index contributed by atoms with van der Waals surface area (Å²) >= 11 is 0. The summed E-state index contributed by atoms with van der Waals surface area (Å²) < 4.78 is 10.5. The average molecular weight is 525 g/mol. The van der Waals surface area contributed by atoms with Gasteiger partial charge in [-0.1, -0.05) is 18.2 Å². The van der Waals surface area contributed by atoms with Crippen LogP contribution in [-0.4, -0.2) is 57.0 Å². The van der Waals surface area contributed by atoms with E-state index in [1.807, 2.05) is 25.1 Å². The average Bonchev–Trinajstić information content (AvgIpc) is 3.22. The van der Waals surface area contributed by atoms with Crippen LogP contribution in [0.1, 0.15) is 29.8 Å². The number of para-hydroxylation sites is 1. The van der Waals surface area contributed by atoms with E-state index >= 15 is 0 Å². The number of rotatable bonds is 5. The first-order valence-corrected chi connectivity index (χ1v) is 13.4. The highest BCUT2D eigenvalue weighted by Gasteiger charge is 2.59. The Balaban J connectivity index is 1.36. The number of hydrogen-bond donors (Lipinski definition) is 0. The van der Waals surface area contributed by atoms with Gasteiger partial charge in [-0.2, -0.15) is 10.1 Å². The zero-order chi connectivity index (χ0) is 27.1. The molecule has 8 heteroatoms. The lowest BCUT2D eigenvalue weighted by molar-refractivity contribution is -0.125. The lowest BCUT2D eigenvalue weighted by atomic mass is 9.67. The van der Waals surface area contributed by atoms with Crippen LogP contribution in [0.25, 0.3) is 0 Å². The smallest absolute Gasteiger partial charge is 0.338 e. The van der Waals surface area contributed by atoms with Crippen molar-refractivity contribution >= 4 is 34.7 Å². The number of anilines is 3. The third-order valence-corrected chi connectivity index (χ3v) is 8.25. The number of benzene rings is 3. The predicted octanol–water partition coefficient (Wildman–Crippen LogP) is 4.53. The van der Waals surface area contributed by atoms with E-state index in [0.717, 1.165) is 35.8 Å². The largest absolute Gasteiger partial charge is 0.497 e. The van der Waals surface area contributed by atoms with Crippen molar-refractivity contribution in [2.24, 2.45) is 10.5 Å². The highest BCUT2D eigenvalue weighted by Crippen LogP contribution is 2.48. The Hall–Kier alpha value is -4.33. The van der Waals surface area contributed by atoms with Crippen LogP contribution >= 0.6 is 0 Å². The number of esters is 1. The Labute approximate surface area is 228 Å². The molecule has 2 unspecified atom stereocenters. The number of methoxy groups -OCH3 is 1. The molecule has 39 heavy (non-hydrogen) atoms.